The first kappa shape index (κ1) is 12.9. The summed E-state index contributed by atoms with van der Waals surface area (Å²) in [6.07, 6.45) is 6.31. The molecular weight excluding hydrogens is 226 g/mol. The van der Waals surface area contributed by atoms with E-state index in [1.165, 1.54) is 25.7 Å². The third-order valence-electron chi connectivity index (χ3n) is 3.71. The van der Waals surface area contributed by atoms with Crippen molar-refractivity contribution < 1.29 is 9.90 Å². The number of aryl methyl sites for hydroxylation is 1. The van der Waals surface area contributed by atoms with Crippen molar-refractivity contribution in [1.82, 2.24) is 5.32 Å². The van der Waals surface area contributed by atoms with Crippen LogP contribution in [0.15, 0.2) is 18.2 Å². The molecule has 2 rings (SSSR count). The summed E-state index contributed by atoms with van der Waals surface area (Å²) in [5.74, 6) is 0.663. The van der Waals surface area contributed by atoms with Gasteiger partial charge >= 0.3 is 0 Å². The minimum absolute atomic E-state index is 0.0633. The van der Waals surface area contributed by atoms with E-state index in [4.69, 9.17) is 0 Å². The van der Waals surface area contributed by atoms with Crippen molar-refractivity contribution in [2.24, 2.45) is 5.92 Å². The average molecular weight is 247 g/mol. The molecule has 0 spiro atoms. The smallest absolute Gasteiger partial charge is 0.255 e. The molecule has 1 amide bonds. The Morgan fingerprint density at radius 3 is 2.78 bits per heavy atom. The van der Waals surface area contributed by atoms with E-state index in [0.717, 1.165) is 17.9 Å². The zero-order chi connectivity index (χ0) is 13.0. The summed E-state index contributed by atoms with van der Waals surface area (Å²) in [5, 5.41) is 12.6. The summed E-state index contributed by atoms with van der Waals surface area (Å²) in [6.45, 7) is 2.60. The highest BCUT2D eigenvalue weighted by atomic mass is 16.3. The predicted molar refractivity (Wildman–Crippen MR) is 71.8 cm³/mol. The van der Waals surface area contributed by atoms with Crippen molar-refractivity contribution in [1.29, 1.82) is 0 Å². The molecule has 1 aliphatic rings. The van der Waals surface area contributed by atoms with Gasteiger partial charge in [-0.1, -0.05) is 31.7 Å². The minimum Gasteiger partial charge on any atom is -0.507 e. The molecule has 98 valence electrons. The highest BCUT2D eigenvalue weighted by Crippen LogP contribution is 2.27. The van der Waals surface area contributed by atoms with E-state index in [0.29, 0.717) is 12.1 Å². The van der Waals surface area contributed by atoms with Gasteiger partial charge < -0.3 is 10.4 Å². The lowest BCUT2D eigenvalue weighted by Crippen LogP contribution is -2.25. The first-order valence-corrected chi connectivity index (χ1v) is 6.74. The monoisotopic (exact) mass is 247 g/mol. The lowest BCUT2D eigenvalue weighted by Gasteiger charge is -2.10. The number of rotatable bonds is 4. The maximum atomic E-state index is 11.9. The van der Waals surface area contributed by atoms with Gasteiger partial charge in [0.15, 0.2) is 0 Å². The van der Waals surface area contributed by atoms with Gasteiger partial charge in [0, 0.05) is 6.54 Å². The molecule has 1 aromatic rings. The van der Waals surface area contributed by atoms with Gasteiger partial charge in [0.2, 0.25) is 0 Å². The normalized spacial score (nSPS) is 15.8. The lowest BCUT2D eigenvalue weighted by molar-refractivity contribution is 0.0949. The van der Waals surface area contributed by atoms with Gasteiger partial charge in [-0.25, -0.2) is 0 Å². The topological polar surface area (TPSA) is 49.3 Å². The highest BCUT2D eigenvalue weighted by molar-refractivity contribution is 5.96. The molecule has 3 nitrogen and oxygen atoms in total. The van der Waals surface area contributed by atoms with Gasteiger partial charge in [-0.2, -0.15) is 0 Å². The molecule has 0 radical (unpaired) electrons. The fourth-order valence-electron chi connectivity index (χ4n) is 2.62. The van der Waals surface area contributed by atoms with Gasteiger partial charge in [0.25, 0.3) is 5.91 Å². The van der Waals surface area contributed by atoms with E-state index >= 15 is 0 Å². The van der Waals surface area contributed by atoms with E-state index in [9.17, 15) is 9.90 Å². The first-order chi connectivity index (χ1) is 8.66. The zero-order valence-corrected chi connectivity index (χ0v) is 10.9. The van der Waals surface area contributed by atoms with Gasteiger partial charge in [-0.05, 0) is 37.0 Å². The first-order valence-electron chi connectivity index (χ1n) is 6.74. The Bertz CT molecular complexity index is 423. The van der Waals surface area contributed by atoms with Gasteiger partial charge in [0.1, 0.15) is 5.75 Å². The second kappa shape index (κ2) is 5.89. The van der Waals surface area contributed by atoms with Crippen LogP contribution in [-0.2, 0) is 0 Å². The zero-order valence-electron chi connectivity index (χ0n) is 10.9. The fraction of sp³-hybridized carbons (Fsp3) is 0.533. The van der Waals surface area contributed by atoms with Crippen LogP contribution in [0.5, 0.6) is 5.75 Å². The summed E-state index contributed by atoms with van der Waals surface area (Å²) in [4.78, 5) is 11.9. The number of nitrogens with one attached hydrogen (secondary N) is 1. The largest absolute Gasteiger partial charge is 0.507 e. The van der Waals surface area contributed by atoms with Crippen molar-refractivity contribution in [2.75, 3.05) is 6.54 Å². The quantitative estimate of drug-likeness (QED) is 0.859. The van der Waals surface area contributed by atoms with Gasteiger partial charge in [-0.15, -0.1) is 0 Å². The Morgan fingerprint density at radius 2 is 2.11 bits per heavy atom. The lowest BCUT2D eigenvalue weighted by atomic mass is 10.0. The second-order valence-corrected chi connectivity index (χ2v) is 5.22. The number of amides is 1. The number of carbonyl (C=O) groups is 1. The van der Waals surface area contributed by atoms with Gasteiger partial charge in [0.05, 0.1) is 5.56 Å². The third-order valence-corrected chi connectivity index (χ3v) is 3.71. The molecule has 0 atom stereocenters. The number of hydrogen-bond acceptors (Lipinski definition) is 2. The molecule has 1 fully saturated rings. The van der Waals surface area contributed by atoms with Gasteiger partial charge in [-0.3, -0.25) is 4.79 Å². The van der Waals surface area contributed by atoms with Crippen LogP contribution in [0.4, 0.5) is 0 Å². The highest BCUT2D eigenvalue weighted by Gasteiger charge is 2.15. The Hall–Kier alpha value is -1.51. The molecule has 1 saturated carbocycles. The summed E-state index contributed by atoms with van der Waals surface area (Å²) in [6, 6.07) is 5.13. The predicted octanol–water partition coefficient (Wildman–Crippen LogP) is 3.01. The number of aromatic hydroxyl groups is 1. The Balaban J connectivity index is 1.83. The van der Waals surface area contributed by atoms with Crippen molar-refractivity contribution in [3.8, 4) is 5.75 Å². The number of hydrogen-bond donors (Lipinski definition) is 2. The molecule has 0 heterocycles. The van der Waals surface area contributed by atoms with Crippen LogP contribution in [-0.4, -0.2) is 17.6 Å². The molecular formula is C15H21NO2. The van der Waals surface area contributed by atoms with Crippen molar-refractivity contribution in [3.05, 3.63) is 29.3 Å². The Labute approximate surface area is 108 Å². The van der Waals surface area contributed by atoms with E-state index in [2.05, 4.69) is 5.32 Å². The van der Waals surface area contributed by atoms with E-state index in [1.54, 1.807) is 12.1 Å². The molecule has 0 bridgehead atoms. The average Bonchev–Trinajstić information content (AvgIpc) is 2.81. The van der Waals surface area contributed by atoms with Crippen molar-refractivity contribution in [3.63, 3.8) is 0 Å². The molecule has 1 aliphatic carbocycles. The van der Waals surface area contributed by atoms with E-state index in [1.807, 2.05) is 13.0 Å². The molecule has 3 heteroatoms. The molecule has 18 heavy (non-hydrogen) atoms. The van der Waals surface area contributed by atoms with Crippen LogP contribution >= 0.6 is 0 Å². The molecule has 0 saturated heterocycles. The Kier molecular flexibility index (Phi) is 4.24. The third kappa shape index (κ3) is 3.25. The van der Waals surface area contributed by atoms with E-state index < -0.39 is 0 Å². The molecule has 0 aliphatic heterocycles. The second-order valence-electron chi connectivity index (χ2n) is 5.22. The molecule has 1 aromatic carbocycles. The maximum Gasteiger partial charge on any atom is 0.255 e. The van der Waals surface area contributed by atoms with Crippen LogP contribution < -0.4 is 5.32 Å². The standard InChI is InChI=1S/C15H21NO2/c1-11-6-7-13(14(17)10-11)15(18)16-9-8-12-4-2-3-5-12/h6-7,10,12,17H,2-5,8-9H2,1H3,(H,16,18). The summed E-state index contributed by atoms with van der Waals surface area (Å²) < 4.78 is 0. The SMILES string of the molecule is Cc1ccc(C(=O)NCCC2CCCC2)c(O)c1. The van der Waals surface area contributed by atoms with Crippen LogP contribution in [0.25, 0.3) is 0 Å². The Morgan fingerprint density at radius 1 is 1.39 bits per heavy atom. The van der Waals surface area contributed by atoms with Crippen LogP contribution in [0.3, 0.4) is 0 Å². The number of phenols is 1. The minimum atomic E-state index is -0.175. The summed E-state index contributed by atoms with van der Waals surface area (Å²) >= 11 is 0. The number of benzene rings is 1. The summed E-state index contributed by atoms with van der Waals surface area (Å²) in [5.41, 5.74) is 1.32. The van der Waals surface area contributed by atoms with Crippen LogP contribution in [0.1, 0.15) is 48.0 Å². The fourth-order valence-corrected chi connectivity index (χ4v) is 2.62. The van der Waals surface area contributed by atoms with Crippen LogP contribution in [0.2, 0.25) is 0 Å². The number of phenolic OH excluding ortho intramolecular Hbond substituents is 1. The maximum absolute atomic E-state index is 11.9. The molecule has 0 unspecified atom stereocenters. The van der Waals surface area contributed by atoms with Crippen molar-refractivity contribution >= 4 is 5.91 Å². The molecule has 0 aromatic heterocycles. The summed E-state index contributed by atoms with van der Waals surface area (Å²) in [7, 11) is 0. The number of carbonyl (C=O) groups excluding carboxylic acids is 1. The van der Waals surface area contributed by atoms with Crippen molar-refractivity contribution in [2.45, 2.75) is 39.0 Å². The molecule has 2 N–H and O–H groups in total. The van der Waals surface area contributed by atoms with E-state index in [-0.39, 0.29) is 11.7 Å². The van der Waals surface area contributed by atoms with Crippen LogP contribution in [0, 0.1) is 12.8 Å².